The normalized spacial score (nSPS) is 17.9. The SMILES string of the molecule is CCCCc1cn(C2CCCC2C(C)(C)C)c(=O)n1Cc1cnccc1-c1ccc(-c2nn[nH]n2)cc1. The molecule has 1 fully saturated rings. The van der Waals surface area contributed by atoms with Crippen LogP contribution >= 0.6 is 0 Å². The molecule has 0 radical (unpaired) electrons. The van der Waals surface area contributed by atoms with Crippen molar-refractivity contribution in [2.24, 2.45) is 11.3 Å². The number of pyridine rings is 1. The summed E-state index contributed by atoms with van der Waals surface area (Å²) in [5.74, 6) is 1.07. The lowest BCUT2D eigenvalue weighted by Crippen LogP contribution is -2.33. The molecule has 0 saturated heterocycles. The Kier molecular flexibility index (Phi) is 7.09. The molecule has 2 unspecified atom stereocenters. The van der Waals surface area contributed by atoms with Crippen LogP contribution in [-0.2, 0) is 13.0 Å². The van der Waals surface area contributed by atoms with Crippen LogP contribution < -0.4 is 5.69 Å². The van der Waals surface area contributed by atoms with E-state index >= 15 is 0 Å². The highest BCUT2D eigenvalue weighted by Gasteiger charge is 2.38. The van der Waals surface area contributed by atoms with E-state index in [9.17, 15) is 4.79 Å². The van der Waals surface area contributed by atoms with Crippen molar-refractivity contribution >= 4 is 0 Å². The second-order valence-corrected chi connectivity index (χ2v) is 11.3. The molecule has 37 heavy (non-hydrogen) atoms. The third kappa shape index (κ3) is 5.15. The van der Waals surface area contributed by atoms with Crippen LogP contribution in [0.3, 0.4) is 0 Å². The molecule has 0 bridgehead atoms. The Morgan fingerprint density at radius 3 is 2.57 bits per heavy atom. The molecule has 3 heterocycles. The minimum Gasteiger partial charge on any atom is -0.296 e. The van der Waals surface area contributed by atoms with Gasteiger partial charge >= 0.3 is 5.69 Å². The smallest absolute Gasteiger partial charge is 0.296 e. The Morgan fingerprint density at radius 1 is 1.08 bits per heavy atom. The fourth-order valence-electron chi connectivity index (χ4n) is 5.88. The van der Waals surface area contributed by atoms with Gasteiger partial charge in [-0.05, 0) is 65.0 Å². The van der Waals surface area contributed by atoms with Crippen molar-refractivity contribution in [3.8, 4) is 22.5 Å². The van der Waals surface area contributed by atoms with Crippen LogP contribution in [0.4, 0.5) is 0 Å². The van der Waals surface area contributed by atoms with E-state index in [2.05, 4.69) is 76.2 Å². The summed E-state index contributed by atoms with van der Waals surface area (Å²) in [7, 11) is 0. The summed E-state index contributed by atoms with van der Waals surface area (Å²) in [6.07, 6.45) is 12.4. The number of nitrogens with zero attached hydrogens (tertiary/aromatic N) is 6. The molecule has 1 aromatic carbocycles. The van der Waals surface area contributed by atoms with E-state index in [-0.39, 0.29) is 17.1 Å². The van der Waals surface area contributed by atoms with Crippen molar-refractivity contribution in [2.75, 3.05) is 0 Å². The Bertz CT molecular complexity index is 1380. The molecular weight excluding hydrogens is 462 g/mol. The summed E-state index contributed by atoms with van der Waals surface area (Å²) >= 11 is 0. The van der Waals surface area contributed by atoms with Gasteiger partial charge in [-0.2, -0.15) is 5.21 Å². The van der Waals surface area contributed by atoms with Crippen LogP contribution in [0.2, 0.25) is 0 Å². The first kappa shape index (κ1) is 25.1. The Morgan fingerprint density at radius 2 is 1.86 bits per heavy atom. The first-order valence-corrected chi connectivity index (χ1v) is 13.4. The highest BCUT2D eigenvalue weighted by Crippen LogP contribution is 2.45. The Balaban J connectivity index is 1.50. The predicted molar refractivity (Wildman–Crippen MR) is 145 cm³/mol. The summed E-state index contributed by atoms with van der Waals surface area (Å²) in [4.78, 5) is 18.3. The maximum atomic E-state index is 13.9. The molecule has 1 saturated carbocycles. The number of unbranched alkanes of at least 4 members (excludes halogenated alkanes) is 1. The van der Waals surface area contributed by atoms with E-state index in [0.29, 0.717) is 18.3 Å². The number of benzene rings is 1. The van der Waals surface area contributed by atoms with Crippen molar-refractivity contribution in [1.29, 1.82) is 0 Å². The number of hydrogen-bond donors (Lipinski definition) is 1. The van der Waals surface area contributed by atoms with E-state index in [1.807, 2.05) is 35.2 Å². The number of imidazole rings is 1. The molecule has 4 aromatic rings. The summed E-state index contributed by atoms with van der Waals surface area (Å²) in [5, 5.41) is 14.3. The van der Waals surface area contributed by atoms with Crippen LogP contribution in [0.25, 0.3) is 22.5 Å². The maximum Gasteiger partial charge on any atom is 0.328 e. The van der Waals surface area contributed by atoms with Crippen LogP contribution in [0, 0.1) is 11.3 Å². The van der Waals surface area contributed by atoms with Gasteiger partial charge in [0.2, 0.25) is 5.82 Å². The molecular formula is C29H37N7O. The van der Waals surface area contributed by atoms with Crippen LogP contribution in [-0.4, -0.2) is 34.7 Å². The first-order valence-electron chi connectivity index (χ1n) is 13.4. The van der Waals surface area contributed by atoms with Crippen LogP contribution in [0.15, 0.2) is 53.7 Å². The van der Waals surface area contributed by atoms with Crippen molar-refractivity contribution in [3.63, 3.8) is 0 Å². The molecule has 1 aliphatic rings. The molecule has 8 heteroatoms. The third-order valence-corrected chi connectivity index (χ3v) is 7.85. The number of aryl methyl sites for hydroxylation is 1. The van der Waals surface area contributed by atoms with Gasteiger partial charge in [0.25, 0.3) is 0 Å². The van der Waals surface area contributed by atoms with Gasteiger partial charge in [0.05, 0.1) is 6.54 Å². The summed E-state index contributed by atoms with van der Waals surface area (Å²) < 4.78 is 4.05. The number of nitrogens with one attached hydrogen (secondary N) is 1. The van der Waals surface area contributed by atoms with Gasteiger partial charge in [0.15, 0.2) is 0 Å². The molecule has 2 atom stereocenters. The molecule has 8 nitrogen and oxygen atoms in total. The highest BCUT2D eigenvalue weighted by atomic mass is 16.1. The van der Waals surface area contributed by atoms with E-state index in [0.717, 1.165) is 53.6 Å². The van der Waals surface area contributed by atoms with Gasteiger partial charge in [-0.1, -0.05) is 64.8 Å². The van der Waals surface area contributed by atoms with Gasteiger partial charge in [0, 0.05) is 35.9 Å². The van der Waals surface area contributed by atoms with Gasteiger partial charge in [0.1, 0.15) is 0 Å². The molecule has 0 amide bonds. The number of H-pyrrole nitrogens is 1. The van der Waals surface area contributed by atoms with Crippen molar-refractivity contribution in [2.45, 2.75) is 78.8 Å². The van der Waals surface area contributed by atoms with Crippen LogP contribution in [0.1, 0.15) is 77.1 Å². The molecule has 0 spiro atoms. The van der Waals surface area contributed by atoms with E-state index < -0.39 is 0 Å². The Hall–Kier alpha value is -3.55. The average Bonchev–Trinajstić information content (AvgIpc) is 3.65. The van der Waals surface area contributed by atoms with Crippen LogP contribution in [0.5, 0.6) is 0 Å². The van der Waals surface area contributed by atoms with E-state index in [4.69, 9.17) is 0 Å². The summed E-state index contributed by atoms with van der Waals surface area (Å²) in [6.45, 7) is 9.63. The molecule has 194 valence electrons. The minimum atomic E-state index is 0.106. The number of aromatic amines is 1. The van der Waals surface area contributed by atoms with Crippen molar-refractivity contribution in [1.82, 2.24) is 34.7 Å². The zero-order valence-electron chi connectivity index (χ0n) is 22.3. The van der Waals surface area contributed by atoms with Gasteiger partial charge in [-0.3, -0.25) is 14.1 Å². The summed E-state index contributed by atoms with van der Waals surface area (Å²) in [5.41, 5.74) is 5.47. The molecule has 1 N–H and O–H groups in total. The fourth-order valence-corrected chi connectivity index (χ4v) is 5.88. The zero-order valence-corrected chi connectivity index (χ0v) is 22.3. The lowest BCUT2D eigenvalue weighted by Gasteiger charge is -2.32. The topological polar surface area (TPSA) is 94.3 Å². The number of hydrogen-bond acceptors (Lipinski definition) is 5. The molecule has 0 aliphatic heterocycles. The van der Waals surface area contributed by atoms with Crippen molar-refractivity contribution in [3.05, 3.63) is 70.7 Å². The fraction of sp³-hybridized carbons (Fsp3) is 0.483. The quantitative estimate of drug-likeness (QED) is 0.337. The van der Waals surface area contributed by atoms with Gasteiger partial charge in [-0.25, -0.2) is 4.79 Å². The summed E-state index contributed by atoms with van der Waals surface area (Å²) in [6, 6.07) is 10.4. The largest absolute Gasteiger partial charge is 0.328 e. The minimum absolute atomic E-state index is 0.106. The highest BCUT2D eigenvalue weighted by molar-refractivity contribution is 5.69. The number of rotatable bonds is 8. The van der Waals surface area contributed by atoms with E-state index in [1.165, 1.54) is 12.8 Å². The lowest BCUT2D eigenvalue weighted by atomic mass is 9.77. The zero-order chi connectivity index (χ0) is 26.0. The van der Waals surface area contributed by atoms with Crippen molar-refractivity contribution < 1.29 is 0 Å². The monoisotopic (exact) mass is 499 g/mol. The maximum absolute atomic E-state index is 13.9. The predicted octanol–water partition coefficient (Wildman–Crippen LogP) is 5.67. The second-order valence-electron chi connectivity index (χ2n) is 11.3. The van der Waals surface area contributed by atoms with Gasteiger partial charge in [-0.15, -0.1) is 10.2 Å². The molecule has 5 rings (SSSR count). The third-order valence-electron chi connectivity index (χ3n) is 7.85. The first-order chi connectivity index (χ1) is 17.9. The van der Waals surface area contributed by atoms with E-state index in [1.54, 1.807) is 0 Å². The number of tetrazole rings is 1. The molecule has 1 aliphatic carbocycles. The average molecular weight is 500 g/mol. The Labute approximate surface area is 218 Å². The lowest BCUT2D eigenvalue weighted by molar-refractivity contribution is 0.185. The standard InChI is InChI=1S/C29H37N7O/c1-5-6-8-23-19-36(26-10-7-9-25(26)29(2,3)4)28(37)35(23)18-22-17-30-16-15-24(22)20-11-13-21(14-12-20)27-31-33-34-32-27/h11-17,19,25-26H,5-10,18H2,1-4H3,(H,31,32,33,34). The van der Waals surface area contributed by atoms with Gasteiger partial charge < -0.3 is 0 Å². The number of aromatic nitrogens is 7. The molecule has 3 aromatic heterocycles. The second kappa shape index (κ2) is 10.4.